The van der Waals surface area contributed by atoms with Crippen LogP contribution in [0.3, 0.4) is 0 Å². The predicted octanol–water partition coefficient (Wildman–Crippen LogP) is 3.71. The van der Waals surface area contributed by atoms with Crippen molar-refractivity contribution in [3.05, 3.63) is 36.4 Å². The minimum atomic E-state index is 0.108. The molecule has 0 aromatic heterocycles. The van der Waals surface area contributed by atoms with E-state index in [1.807, 2.05) is 25.1 Å². The van der Waals surface area contributed by atoms with Gasteiger partial charge >= 0.3 is 0 Å². The zero-order valence-electron chi connectivity index (χ0n) is 12.7. The van der Waals surface area contributed by atoms with Crippen LogP contribution in [0.2, 0.25) is 0 Å². The number of hydrogen-bond donors (Lipinski definition) is 1. The summed E-state index contributed by atoms with van der Waals surface area (Å²) in [5, 5.41) is 0. The third kappa shape index (κ3) is 5.66. The smallest absolute Gasteiger partial charge is 0.164 e. The molecule has 20 heavy (non-hydrogen) atoms. The lowest BCUT2D eigenvalue weighted by Crippen LogP contribution is -2.18. The second-order valence-electron chi connectivity index (χ2n) is 5.12. The van der Waals surface area contributed by atoms with Crippen LogP contribution in [0.5, 0.6) is 11.5 Å². The molecule has 3 heteroatoms. The Kier molecular flexibility index (Phi) is 7.81. The number of methoxy groups -OCH3 is 1. The van der Waals surface area contributed by atoms with Crippen molar-refractivity contribution in [3.63, 3.8) is 0 Å². The van der Waals surface area contributed by atoms with Gasteiger partial charge in [0.1, 0.15) is 0 Å². The summed E-state index contributed by atoms with van der Waals surface area (Å²) in [5.74, 6) is 1.63. The van der Waals surface area contributed by atoms with Crippen molar-refractivity contribution >= 4 is 0 Å². The normalized spacial score (nSPS) is 11.9. The largest absolute Gasteiger partial charge is 0.493 e. The molecule has 0 fully saturated rings. The number of hydrogen-bond acceptors (Lipinski definition) is 3. The first-order chi connectivity index (χ1) is 9.69. The standard InChI is InChI=1S/C17H27NO2/c1-4-5-6-7-8-12-20-17-15(13-14(2)18)10-9-11-16(17)19-3/h4,9-11,14H,1,5-8,12-13,18H2,2-3H3. The van der Waals surface area contributed by atoms with Gasteiger partial charge < -0.3 is 15.2 Å². The highest BCUT2D eigenvalue weighted by Crippen LogP contribution is 2.32. The molecule has 1 atom stereocenters. The minimum absolute atomic E-state index is 0.108. The van der Waals surface area contributed by atoms with E-state index < -0.39 is 0 Å². The Morgan fingerprint density at radius 1 is 1.30 bits per heavy atom. The van der Waals surface area contributed by atoms with Crippen LogP contribution in [-0.4, -0.2) is 19.8 Å². The molecule has 2 N–H and O–H groups in total. The molecule has 0 saturated carbocycles. The van der Waals surface area contributed by atoms with E-state index in [1.165, 1.54) is 6.42 Å². The maximum Gasteiger partial charge on any atom is 0.164 e. The monoisotopic (exact) mass is 277 g/mol. The fraction of sp³-hybridized carbons (Fsp3) is 0.529. The summed E-state index contributed by atoms with van der Waals surface area (Å²) in [5.41, 5.74) is 7.00. The van der Waals surface area contributed by atoms with Gasteiger partial charge in [0.25, 0.3) is 0 Å². The van der Waals surface area contributed by atoms with E-state index in [0.29, 0.717) is 6.61 Å². The molecule has 0 aliphatic heterocycles. The van der Waals surface area contributed by atoms with E-state index in [0.717, 1.165) is 42.7 Å². The summed E-state index contributed by atoms with van der Waals surface area (Å²) < 4.78 is 11.3. The topological polar surface area (TPSA) is 44.5 Å². The van der Waals surface area contributed by atoms with Gasteiger partial charge in [0, 0.05) is 6.04 Å². The summed E-state index contributed by atoms with van der Waals surface area (Å²) in [4.78, 5) is 0. The zero-order valence-corrected chi connectivity index (χ0v) is 12.7. The first kappa shape index (κ1) is 16.6. The highest BCUT2D eigenvalue weighted by Gasteiger charge is 2.11. The number of benzene rings is 1. The number of rotatable bonds is 10. The summed E-state index contributed by atoms with van der Waals surface area (Å²) in [6.07, 6.45) is 7.20. The Labute approximate surface area is 122 Å². The van der Waals surface area contributed by atoms with Gasteiger partial charge in [-0.3, -0.25) is 0 Å². The minimum Gasteiger partial charge on any atom is -0.493 e. The van der Waals surface area contributed by atoms with Crippen LogP contribution in [0.15, 0.2) is 30.9 Å². The zero-order chi connectivity index (χ0) is 14.8. The fourth-order valence-corrected chi connectivity index (χ4v) is 2.14. The van der Waals surface area contributed by atoms with Crippen LogP contribution >= 0.6 is 0 Å². The van der Waals surface area contributed by atoms with Crippen LogP contribution in [0, 0.1) is 0 Å². The van der Waals surface area contributed by atoms with Gasteiger partial charge in [-0.1, -0.05) is 18.2 Å². The molecule has 1 aromatic rings. The molecular weight excluding hydrogens is 250 g/mol. The van der Waals surface area contributed by atoms with E-state index in [9.17, 15) is 0 Å². The van der Waals surface area contributed by atoms with Crippen molar-refractivity contribution < 1.29 is 9.47 Å². The average molecular weight is 277 g/mol. The Bertz CT molecular complexity index is 402. The molecule has 0 amide bonds. The lowest BCUT2D eigenvalue weighted by atomic mass is 10.1. The second kappa shape index (κ2) is 9.43. The molecule has 3 nitrogen and oxygen atoms in total. The molecule has 0 aliphatic carbocycles. The molecule has 1 aromatic carbocycles. The Morgan fingerprint density at radius 2 is 2.10 bits per heavy atom. The van der Waals surface area contributed by atoms with Gasteiger partial charge in [-0.25, -0.2) is 0 Å². The molecule has 0 bridgehead atoms. The second-order valence-corrected chi connectivity index (χ2v) is 5.12. The Morgan fingerprint density at radius 3 is 2.75 bits per heavy atom. The van der Waals surface area contributed by atoms with Gasteiger partial charge in [-0.2, -0.15) is 0 Å². The highest BCUT2D eigenvalue weighted by molar-refractivity contribution is 5.47. The first-order valence-corrected chi connectivity index (χ1v) is 7.34. The van der Waals surface area contributed by atoms with Gasteiger partial charge in [0.2, 0.25) is 0 Å². The van der Waals surface area contributed by atoms with Crippen molar-refractivity contribution in [1.29, 1.82) is 0 Å². The van der Waals surface area contributed by atoms with Crippen LogP contribution in [-0.2, 0) is 6.42 Å². The van der Waals surface area contributed by atoms with Crippen molar-refractivity contribution in [2.45, 2.75) is 45.1 Å². The van der Waals surface area contributed by atoms with E-state index in [4.69, 9.17) is 15.2 Å². The fourth-order valence-electron chi connectivity index (χ4n) is 2.14. The first-order valence-electron chi connectivity index (χ1n) is 7.34. The van der Waals surface area contributed by atoms with Crippen molar-refractivity contribution in [3.8, 4) is 11.5 Å². The van der Waals surface area contributed by atoms with E-state index >= 15 is 0 Å². The third-order valence-electron chi connectivity index (χ3n) is 3.12. The molecule has 1 rings (SSSR count). The molecule has 112 valence electrons. The summed E-state index contributed by atoms with van der Waals surface area (Å²) >= 11 is 0. The van der Waals surface area contributed by atoms with Crippen LogP contribution in [0.4, 0.5) is 0 Å². The van der Waals surface area contributed by atoms with Crippen LogP contribution < -0.4 is 15.2 Å². The summed E-state index contributed by atoms with van der Waals surface area (Å²) in [6.45, 7) is 6.44. The van der Waals surface area contributed by atoms with E-state index in [2.05, 4.69) is 12.6 Å². The maximum absolute atomic E-state index is 5.93. The number of para-hydroxylation sites is 1. The highest BCUT2D eigenvalue weighted by atomic mass is 16.5. The molecule has 1 unspecified atom stereocenters. The SMILES string of the molecule is C=CCCCCCOc1c(CC(C)N)cccc1OC. The Hall–Kier alpha value is -1.48. The number of ether oxygens (including phenoxy) is 2. The lowest BCUT2D eigenvalue weighted by Gasteiger charge is -2.16. The molecule has 0 heterocycles. The Balaban J connectivity index is 2.58. The third-order valence-corrected chi connectivity index (χ3v) is 3.12. The molecule has 0 radical (unpaired) electrons. The summed E-state index contributed by atoms with van der Waals surface area (Å²) in [7, 11) is 1.67. The maximum atomic E-state index is 5.93. The summed E-state index contributed by atoms with van der Waals surface area (Å²) in [6, 6.07) is 6.07. The van der Waals surface area contributed by atoms with E-state index in [1.54, 1.807) is 7.11 Å². The van der Waals surface area contributed by atoms with Gasteiger partial charge in [-0.05, 0) is 50.7 Å². The molecule has 0 aliphatic rings. The average Bonchev–Trinajstić information content (AvgIpc) is 2.43. The van der Waals surface area contributed by atoms with Crippen molar-refractivity contribution in [1.82, 2.24) is 0 Å². The van der Waals surface area contributed by atoms with Crippen molar-refractivity contribution in [2.24, 2.45) is 5.73 Å². The number of allylic oxidation sites excluding steroid dienone is 1. The predicted molar refractivity (Wildman–Crippen MR) is 84.5 cm³/mol. The van der Waals surface area contributed by atoms with Gasteiger partial charge in [0.05, 0.1) is 13.7 Å². The van der Waals surface area contributed by atoms with E-state index in [-0.39, 0.29) is 6.04 Å². The number of nitrogens with two attached hydrogens (primary N) is 1. The van der Waals surface area contributed by atoms with Crippen LogP contribution in [0.25, 0.3) is 0 Å². The molecule has 0 spiro atoms. The molecule has 0 saturated heterocycles. The quantitative estimate of drug-likeness (QED) is 0.524. The number of unbranched alkanes of at least 4 members (excludes halogenated alkanes) is 3. The van der Waals surface area contributed by atoms with Gasteiger partial charge in [-0.15, -0.1) is 6.58 Å². The lowest BCUT2D eigenvalue weighted by molar-refractivity contribution is 0.282. The molecular formula is C17H27NO2. The van der Waals surface area contributed by atoms with Crippen molar-refractivity contribution in [2.75, 3.05) is 13.7 Å². The van der Waals surface area contributed by atoms with Gasteiger partial charge in [0.15, 0.2) is 11.5 Å². The van der Waals surface area contributed by atoms with Crippen LogP contribution in [0.1, 0.15) is 38.2 Å².